The molecule has 2 aromatic rings. The molecule has 2 fully saturated rings. The Kier molecular flexibility index (Phi) is 3.27. The van der Waals surface area contributed by atoms with Crippen LogP contribution in [0.4, 0.5) is 4.39 Å². The van der Waals surface area contributed by atoms with Gasteiger partial charge in [-0.25, -0.2) is 17.1 Å². The smallest absolute Gasteiger partial charge is 0.216 e. The number of benzene rings is 1. The van der Waals surface area contributed by atoms with Crippen LogP contribution in [0, 0.1) is 5.82 Å². The third-order valence-electron chi connectivity index (χ3n) is 4.88. The van der Waals surface area contributed by atoms with E-state index >= 15 is 0 Å². The van der Waals surface area contributed by atoms with Crippen molar-refractivity contribution in [3.63, 3.8) is 0 Å². The van der Waals surface area contributed by atoms with Crippen molar-refractivity contribution in [3.8, 4) is 0 Å². The first-order chi connectivity index (χ1) is 10.6. The molecule has 6 heteroatoms. The van der Waals surface area contributed by atoms with Crippen molar-refractivity contribution in [1.82, 2.24) is 9.29 Å². The predicted octanol–water partition coefficient (Wildman–Crippen LogP) is 2.98. The van der Waals surface area contributed by atoms with Gasteiger partial charge in [0.1, 0.15) is 5.82 Å². The van der Waals surface area contributed by atoms with Crippen LogP contribution in [0.2, 0.25) is 0 Å². The minimum absolute atomic E-state index is 0.125. The largest absolute Gasteiger partial charge is 0.361 e. The third-order valence-corrected chi connectivity index (χ3v) is 7.27. The average molecular weight is 322 g/mol. The molecule has 0 unspecified atom stereocenters. The van der Waals surface area contributed by atoms with Gasteiger partial charge in [-0.2, -0.15) is 0 Å². The molecule has 1 N–H and O–H groups in total. The van der Waals surface area contributed by atoms with Crippen LogP contribution in [0.15, 0.2) is 24.4 Å². The van der Waals surface area contributed by atoms with Crippen LogP contribution in [-0.2, 0) is 10.0 Å². The first kappa shape index (κ1) is 14.2. The Morgan fingerprint density at radius 3 is 2.55 bits per heavy atom. The zero-order chi connectivity index (χ0) is 15.3. The highest BCUT2D eigenvalue weighted by atomic mass is 32.2. The number of nitrogens with zero attached hydrogens (tertiary/aromatic N) is 1. The van der Waals surface area contributed by atoms with E-state index in [1.807, 2.05) is 12.3 Å². The van der Waals surface area contributed by atoms with E-state index in [4.69, 9.17) is 0 Å². The van der Waals surface area contributed by atoms with Crippen LogP contribution in [0.5, 0.6) is 0 Å². The molecule has 0 amide bonds. The number of hydrogen-bond donors (Lipinski definition) is 1. The van der Waals surface area contributed by atoms with Crippen LogP contribution < -0.4 is 0 Å². The Bertz CT molecular complexity index is 803. The summed E-state index contributed by atoms with van der Waals surface area (Å²) in [7, 11) is -3.05. The highest BCUT2D eigenvalue weighted by Gasteiger charge is 2.41. The van der Waals surface area contributed by atoms with Gasteiger partial charge in [-0.15, -0.1) is 0 Å². The first-order valence-corrected chi connectivity index (χ1v) is 9.31. The molecular weight excluding hydrogens is 303 g/mol. The van der Waals surface area contributed by atoms with Gasteiger partial charge in [-0.3, -0.25) is 0 Å². The van der Waals surface area contributed by atoms with Gasteiger partial charge in [0.05, 0.1) is 5.25 Å². The number of sulfonamides is 1. The lowest BCUT2D eigenvalue weighted by molar-refractivity contribution is 0.320. The van der Waals surface area contributed by atoms with E-state index in [1.165, 1.54) is 17.7 Å². The van der Waals surface area contributed by atoms with Gasteiger partial charge in [-0.05, 0) is 55.4 Å². The lowest BCUT2D eigenvalue weighted by Gasteiger charge is -2.31. The van der Waals surface area contributed by atoms with Crippen LogP contribution in [0.3, 0.4) is 0 Å². The van der Waals surface area contributed by atoms with Crippen LogP contribution >= 0.6 is 0 Å². The van der Waals surface area contributed by atoms with Crippen molar-refractivity contribution in [2.45, 2.75) is 36.9 Å². The van der Waals surface area contributed by atoms with Gasteiger partial charge in [-0.1, -0.05) is 0 Å². The summed E-state index contributed by atoms with van der Waals surface area (Å²) in [6, 6.07) is 4.79. The number of halogens is 1. The minimum atomic E-state index is -3.05. The van der Waals surface area contributed by atoms with Crippen molar-refractivity contribution in [1.29, 1.82) is 0 Å². The minimum Gasteiger partial charge on any atom is -0.361 e. The lowest BCUT2D eigenvalue weighted by atomic mass is 9.90. The highest BCUT2D eigenvalue weighted by Crippen LogP contribution is 2.37. The van der Waals surface area contributed by atoms with Crippen LogP contribution in [0.25, 0.3) is 10.9 Å². The highest BCUT2D eigenvalue weighted by molar-refractivity contribution is 7.90. The maximum atomic E-state index is 13.3. The summed E-state index contributed by atoms with van der Waals surface area (Å²) in [5, 5.41) is 0.921. The summed E-state index contributed by atoms with van der Waals surface area (Å²) in [5.41, 5.74) is 1.99. The molecule has 2 aliphatic rings. The van der Waals surface area contributed by atoms with Crippen molar-refractivity contribution >= 4 is 20.9 Å². The third kappa shape index (κ3) is 2.34. The molecule has 1 aromatic heterocycles. The Morgan fingerprint density at radius 1 is 1.14 bits per heavy atom. The fourth-order valence-electron chi connectivity index (χ4n) is 3.46. The molecule has 0 spiro atoms. The molecule has 4 rings (SSSR count). The van der Waals surface area contributed by atoms with Crippen molar-refractivity contribution in [2.24, 2.45) is 0 Å². The lowest BCUT2D eigenvalue weighted by Crippen LogP contribution is -2.39. The molecule has 0 radical (unpaired) electrons. The van der Waals surface area contributed by atoms with E-state index in [2.05, 4.69) is 4.98 Å². The Hall–Kier alpha value is -1.40. The molecule has 1 aliphatic carbocycles. The summed E-state index contributed by atoms with van der Waals surface area (Å²) in [6.45, 7) is 1.19. The molecule has 1 saturated carbocycles. The molecule has 118 valence electrons. The summed E-state index contributed by atoms with van der Waals surface area (Å²) < 4.78 is 39.5. The van der Waals surface area contributed by atoms with Gasteiger partial charge >= 0.3 is 0 Å². The standard InChI is InChI=1S/C16H19FN2O2S/c17-12-1-4-14-15(10-18-16(14)9-12)11-5-7-19(8-6-11)22(20,21)13-2-3-13/h1,4,9-11,13,18H,2-3,5-8H2. The van der Waals surface area contributed by atoms with Gasteiger partial charge in [0.25, 0.3) is 0 Å². The van der Waals surface area contributed by atoms with Gasteiger partial charge < -0.3 is 4.98 Å². The van der Waals surface area contributed by atoms with E-state index in [-0.39, 0.29) is 11.1 Å². The maximum Gasteiger partial charge on any atom is 0.216 e. The second-order valence-electron chi connectivity index (χ2n) is 6.35. The van der Waals surface area contributed by atoms with E-state index in [0.717, 1.165) is 36.6 Å². The fraction of sp³-hybridized carbons (Fsp3) is 0.500. The number of fused-ring (bicyclic) bond motifs is 1. The summed E-state index contributed by atoms with van der Waals surface area (Å²) >= 11 is 0. The van der Waals surface area contributed by atoms with Crippen molar-refractivity contribution < 1.29 is 12.8 Å². The maximum absolute atomic E-state index is 13.3. The number of H-pyrrole nitrogens is 1. The Labute approximate surface area is 129 Å². The molecular formula is C16H19FN2O2S. The quantitative estimate of drug-likeness (QED) is 0.944. The van der Waals surface area contributed by atoms with Gasteiger partial charge in [0, 0.05) is 30.2 Å². The number of piperidine rings is 1. The molecule has 4 nitrogen and oxygen atoms in total. The number of nitrogens with one attached hydrogen (secondary N) is 1. The van der Waals surface area contributed by atoms with Gasteiger partial charge in [0.15, 0.2) is 0 Å². The normalized spacial score (nSPS) is 21.5. The van der Waals surface area contributed by atoms with Crippen molar-refractivity contribution in [3.05, 3.63) is 35.8 Å². The van der Waals surface area contributed by atoms with E-state index in [9.17, 15) is 12.8 Å². The predicted molar refractivity (Wildman–Crippen MR) is 83.7 cm³/mol. The van der Waals surface area contributed by atoms with E-state index in [1.54, 1.807) is 4.31 Å². The molecule has 1 saturated heterocycles. The number of aromatic nitrogens is 1. The van der Waals surface area contributed by atoms with Crippen molar-refractivity contribution in [2.75, 3.05) is 13.1 Å². The SMILES string of the molecule is O=S(=O)(C1CC1)N1CCC(c2c[nH]c3cc(F)ccc23)CC1. The molecule has 1 aliphatic heterocycles. The summed E-state index contributed by atoms with van der Waals surface area (Å²) in [6.07, 6.45) is 5.24. The Morgan fingerprint density at radius 2 is 1.86 bits per heavy atom. The molecule has 1 aromatic carbocycles. The van der Waals surface area contributed by atoms with Gasteiger partial charge in [0.2, 0.25) is 10.0 Å². The zero-order valence-corrected chi connectivity index (χ0v) is 13.1. The van der Waals surface area contributed by atoms with E-state index < -0.39 is 10.0 Å². The van der Waals surface area contributed by atoms with E-state index in [0.29, 0.717) is 19.0 Å². The fourth-order valence-corrected chi connectivity index (χ4v) is 5.33. The Balaban J connectivity index is 1.53. The second-order valence-corrected chi connectivity index (χ2v) is 8.56. The molecule has 22 heavy (non-hydrogen) atoms. The molecule has 0 bridgehead atoms. The topological polar surface area (TPSA) is 53.2 Å². The second kappa shape index (κ2) is 5.06. The summed E-state index contributed by atoms with van der Waals surface area (Å²) in [4.78, 5) is 3.12. The number of aromatic amines is 1. The monoisotopic (exact) mass is 322 g/mol. The first-order valence-electron chi connectivity index (χ1n) is 7.81. The molecule has 2 heterocycles. The summed E-state index contributed by atoms with van der Waals surface area (Å²) in [5.74, 6) is 0.0936. The van der Waals surface area contributed by atoms with Crippen LogP contribution in [0.1, 0.15) is 37.2 Å². The number of hydrogen-bond acceptors (Lipinski definition) is 2. The number of rotatable bonds is 3. The average Bonchev–Trinajstić information content (AvgIpc) is 3.29. The van der Waals surface area contributed by atoms with Crippen LogP contribution in [-0.4, -0.2) is 36.0 Å². The zero-order valence-electron chi connectivity index (χ0n) is 12.3. The molecule has 0 atom stereocenters.